The number of nitrogens with one attached hydrogen (secondary N) is 3. The van der Waals surface area contributed by atoms with E-state index in [1.807, 2.05) is 4.90 Å². The van der Waals surface area contributed by atoms with Gasteiger partial charge in [-0.25, -0.2) is 0 Å². The first-order valence-corrected chi connectivity index (χ1v) is 10.5. The fraction of sp³-hybridized carbons (Fsp3) is 0.667. The number of piperidine rings is 2. The Morgan fingerprint density at radius 3 is 2.52 bits per heavy atom. The first-order valence-electron chi connectivity index (χ1n) is 10.1. The summed E-state index contributed by atoms with van der Waals surface area (Å²) in [4.78, 5) is 1.87. The zero-order valence-corrected chi connectivity index (χ0v) is 16.8. The number of hydrogen-bond acceptors (Lipinski definition) is 1. The van der Waals surface area contributed by atoms with Gasteiger partial charge in [-0.15, -0.1) is 0 Å². The standard InChI is InChI=1S/C21H33N3S/c1-4-16-8-5-6-11-20(16)23-21(25)22-17-12-18-9-7-10-19(13-17)24(18)14-15(2)3/h5-6,8,11,15,17-19H,4,7,9-10,12-14H2,1-3H3,(H2,22,23,25)/p+1/t18-,19-/m1/s1. The van der Waals surface area contributed by atoms with Crippen molar-refractivity contribution in [3.05, 3.63) is 29.8 Å². The lowest BCUT2D eigenvalue weighted by molar-refractivity contribution is -0.963. The maximum Gasteiger partial charge on any atom is 0.171 e. The van der Waals surface area contributed by atoms with Gasteiger partial charge in [0.1, 0.15) is 0 Å². The molecule has 3 nitrogen and oxygen atoms in total. The minimum Gasteiger partial charge on any atom is -0.359 e. The molecule has 0 saturated carbocycles. The Morgan fingerprint density at radius 2 is 1.88 bits per heavy atom. The number of quaternary nitrogens is 1. The lowest BCUT2D eigenvalue weighted by Gasteiger charge is -2.46. The smallest absolute Gasteiger partial charge is 0.171 e. The van der Waals surface area contributed by atoms with Crippen molar-refractivity contribution in [1.29, 1.82) is 0 Å². The summed E-state index contributed by atoms with van der Waals surface area (Å²) in [6, 6.07) is 10.6. The van der Waals surface area contributed by atoms with Crippen molar-refractivity contribution in [1.82, 2.24) is 5.32 Å². The molecule has 0 amide bonds. The molecule has 25 heavy (non-hydrogen) atoms. The van der Waals surface area contributed by atoms with Crippen LogP contribution in [0.4, 0.5) is 5.69 Å². The lowest BCUT2D eigenvalue weighted by atomic mass is 9.81. The summed E-state index contributed by atoms with van der Waals surface area (Å²) >= 11 is 5.63. The zero-order valence-electron chi connectivity index (χ0n) is 16.0. The van der Waals surface area contributed by atoms with E-state index in [9.17, 15) is 0 Å². The maximum atomic E-state index is 5.63. The Bertz CT molecular complexity index is 572. The maximum absolute atomic E-state index is 5.63. The van der Waals surface area contributed by atoms with Crippen LogP contribution in [0.2, 0.25) is 0 Å². The van der Waals surface area contributed by atoms with E-state index < -0.39 is 0 Å². The molecule has 138 valence electrons. The van der Waals surface area contributed by atoms with Crippen molar-refractivity contribution < 1.29 is 4.90 Å². The molecule has 0 spiro atoms. The van der Waals surface area contributed by atoms with Crippen molar-refractivity contribution in [2.24, 2.45) is 5.92 Å². The number of thiocarbonyl (C=S) groups is 1. The lowest BCUT2D eigenvalue weighted by Crippen LogP contribution is -3.21. The van der Waals surface area contributed by atoms with Crippen LogP contribution in [0.25, 0.3) is 0 Å². The molecule has 2 aliphatic rings. The predicted molar refractivity (Wildman–Crippen MR) is 110 cm³/mol. The topological polar surface area (TPSA) is 28.5 Å². The summed E-state index contributed by atoms with van der Waals surface area (Å²) in [5, 5.41) is 7.85. The van der Waals surface area contributed by atoms with Crippen molar-refractivity contribution >= 4 is 23.0 Å². The summed E-state index contributed by atoms with van der Waals surface area (Å²) in [6.45, 7) is 8.23. The van der Waals surface area contributed by atoms with Gasteiger partial charge in [0.15, 0.2) is 5.11 Å². The van der Waals surface area contributed by atoms with Gasteiger partial charge in [-0.05, 0) is 49.5 Å². The molecule has 2 fully saturated rings. The van der Waals surface area contributed by atoms with Gasteiger partial charge in [-0.3, -0.25) is 0 Å². The average molecular weight is 361 g/mol. The van der Waals surface area contributed by atoms with Crippen LogP contribution in [0.1, 0.15) is 58.4 Å². The molecule has 2 atom stereocenters. The monoisotopic (exact) mass is 360 g/mol. The SMILES string of the molecule is CCc1ccccc1NC(=S)NC1C[C@H]2CCC[C@H](C1)[NH+]2CC(C)C. The zero-order chi connectivity index (χ0) is 17.8. The molecular weight excluding hydrogens is 326 g/mol. The molecule has 3 rings (SSSR count). The van der Waals surface area contributed by atoms with Crippen molar-refractivity contribution in [2.45, 2.75) is 77.4 Å². The molecule has 0 aromatic heterocycles. The van der Waals surface area contributed by atoms with Crippen LogP contribution in [0.15, 0.2) is 24.3 Å². The highest BCUT2D eigenvalue weighted by molar-refractivity contribution is 7.80. The average Bonchev–Trinajstić information content (AvgIpc) is 2.55. The van der Waals surface area contributed by atoms with Gasteiger partial charge in [0.25, 0.3) is 0 Å². The van der Waals surface area contributed by atoms with Gasteiger partial charge in [-0.1, -0.05) is 39.0 Å². The van der Waals surface area contributed by atoms with E-state index in [2.05, 4.69) is 55.7 Å². The molecule has 2 aliphatic heterocycles. The third-order valence-electron chi connectivity index (χ3n) is 5.92. The van der Waals surface area contributed by atoms with Crippen molar-refractivity contribution in [2.75, 3.05) is 11.9 Å². The third-order valence-corrected chi connectivity index (χ3v) is 6.14. The summed E-state index contributed by atoms with van der Waals surface area (Å²) in [7, 11) is 0. The molecule has 0 radical (unpaired) electrons. The summed E-state index contributed by atoms with van der Waals surface area (Å²) in [5.41, 5.74) is 2.46. The summed E-state index contributed by atoms with van der Waals surface area (Å²) in [5.74, 6) is 0.788. The molecule has 1 aromatic rings. The predicted octanol–water partition coefficient (Wildman–Crippen LogP) is 3.16. The normalized spacial score (nSPS) is 28.6. The van der Waals surface area contributed by atoms with E-state index in [0.29, 0.717) is 6.04 Å². The van der Waals surface area contributed by atoms with Crippen LogP contribution < -0.4 is 15.5 Å². The Hall–Kier alpha value is -1.13. The fourth-order valence-corrected chi connectivity index (χ4v) is 5.13. The van der Waals surface area contributed by atoms with E-state index in [-0.39, 0.29) is 0 Å². The van der Waals surface area contributed by atoms with E-state index in [1.165, 1.54) is 44.2 Å². The van der Waals surface area contributed by atoms with Crippen molar-refractivity contribution in [3.8, 4) is 0 Å². The van der Waals surface area contributed by atoms with Gasteiger partial charge in [0, 0.05) is 30.5 Å². The number of fused-ring (bicyclic) bond motifs is 2. The van der Waals surface area contributed by atoms with Crippen LogP contribution in [0.3, 0.4) is 0 Å². The molecule has 4 heteroatoms. The second-order valence-electron chi connectivity index (χ2n) is 8.28. The van der Waals surface area contributed by atoms with E-state index in [0.717, 1.165) is 35.2 Å². The Balaban J connectivity index is 1.58. The number of hydrogen-bond donors (Lipinski definition) is 3. The number of anilines is 1. The van der Waals surface area contributed by atoms with Gasteiger partial charge in [-0.2, -0.15) is 0 Å². The quantitative estimate of drug-likeness (QED) is 0.705. The van der Waals surface area contributed by atoms with Crippen LogP contribution in [0, 0.1) is 5.92 Å². The molecule has 1 aromatic carbocycles. The van der Waals surface area contributed by atoms with Crippen molar-refractivity contribution in [3.63, 3.8) is 0 Å². The molecule has 0 unspecified atom stereocenters. The van der Waals surface area contributed by atoms with Gasteiger partial charge < -0.3 is 15.5 Å². The Morgan fingerprint density at radius 1 is 1.20 bits per heavy atom. The molecule has 3 N–H and O–H groups in total. The summed E-state index contributed by atoms with van der Waals surface area (Å²) < 4.78 is 0. The van der Waals surface area contributed by atoms with Gasteiger partial charge in [0.05, 0.1) is 18.6 Å². The first-order chi connectivity index (χ1) is 12.1. The number of aryl methyl sites for hydroxylation is 1. The number of benzene rings is 1. The first kappa shape index (κ1) is 18.7. The molecule has 2 bridgehead atoms. The van der Waals surface area contributed by atoms with Crippen LogP contribution in [-0.4, -0.2) is 29.8 Å². The molecular formula is C21H34N3S+. The second-order valence-corrected chi connectivity index (χ2v) is 8.68. The Kier molecular flexibility index (Phi) is 6.34. The van der Waals surface area contributed by atoms with Crippen LogP contribution >= 0.6 is 12.2 Å². The summed E-state index contributed by atoms with van der Waals surface area (Å²) in [6.07, 6.45) is 7.72. The van der Waals surface area contributed by atoms with E-state index >= 15 is 0 Å². The number of para-hydroxylation sites is 1. The van der Waals surface area contributed by atoms with Crippen LogP contribution in [-0.2, 0) is 6.42 Å². The minimum absolute atomic E-state index is 0.528. The fourth-order valence-electron chi connectivity index (χ4n) is 4.85. The largest absolute Gasteiger partial charge is 0.359 e. The van der Waals surface area contributed by atoms with E-state index in [1.54, 1.807) is 0 Å². The highest BCUT2D eigenvalue weighted by Gasteiger charge is 2.41. The minimum atomic E-state index is 0.528. The van der Waals surface area contributed by atoms with E-state index in [4.69, 9.17) is 12.2 Å². The molecule has 0 aliphatic carbocycles. The molecule has 2 heterocycles. The Labute approximate surface area is 158 Å². The van der Waals surface area contributed by atoms with Gasteiger partial charge >= 0.3 is 0 Å². The van der Waals surface area contributed by atoms with Gasteiger partial charge in [0.2, 0.25) is 0 Å². The number of rotatable bonds is 5. The second kappa shape index (κ2) is 8.50. The highest BCUT2D eigenvalue weighted by atomic mass is 32.1. The highest BCUT2D eigenvalue weighted by Crippen LogP contribution is 2.23. The van der Waals surface area contributed by atoms with Crippen LogP contribution in [0.5, 0.6) is 0 Å². The third kappa shape index (κ3) is 4.73. The molecule has 2 saturated heterocycles.